The van der Waals surface area contributed by atoms with Gasteiger partial charge in [-0.2, -0.15) is 0 Å². The summed E-state index contributed by atoms with van der Waals surface area (Å²) in [5.41, 5.74) is 0.813. The number of carbonyl (C=O) groups is 2. The van der Waals surface area contributed by atoms with Crippen LogP contribution < -0.4 is 20.1 Å². The Morgan fingerprint density at radius 1 is 1.21 bits per heavy atom. The van der Waals surface area contributed by atoms with E-state index in [2.05, 4.69) is 17.2 Å². The third kappa shape index (κ3) is 7.47. The number of hydrogen-bond acceptors (Lipinski definition) is 4. The molecule has 1 aromatic carbocycles. The van der Waals surface area contributed by atoms with Crippen LogP contribution in [0.1, 0.15) is 44.1 Å². The molecule has 6 nitrogen and oxygen atoms in total. The highest BCUT2D eigenvalue weighted by molar-refractivity contribution is 5.92. The number of methoxy groups -OCH3 is 1. The molecule has 2 rings (SSSR count). The third-order valence-electron chi connectivity index (χ3n) is 4.59. The lowest BCUT2D eigenvalue weighted by atomic mass is 9.95. The first-order valence-corrected chi connectivity index (χ1v) is 9.79. The zero-order chi connectivity index (χ0) is 20.2. The van der Waals surface area contributed by atoms with Crippen LogP contribution in [0.4, 0.5) is 0 Å². The summed E-state index contributed by atoms with van der Waals surface area (Å²) in [4.78, 5) is 23.9. The summed E-state index contributed by atoms with van der Waals surface area (Å²) in [6.45, 7) is 4.33. The van der Waals surface area contributed by atoms with E-state index >= 15 is 0 Å². The monoisotopic (exact) mass is 386 g/mol. The van der Waals surface area contributed by atoms with Crippen molar-refractivity contribution < 1.29 is 19.1 Å². The molecule has 0 radical (unpaired) electrons. The minimum atomic E-state index is -0.239. The number of benzene rings is 1. The average molecular weight is 386 g/mol. The Kier molecular flexibility index (Phi) is 9.11. The van der Waals surface area contributed by atoms with E-state index in [0.717, 1.165) is 18.4 Å². The van der Waals surface area contributed by atoms with Crippen molar-refractivity contribution in [3.63, 3.8) is 0 Å². The lowest BCUT2D eigenvalue weighted by Crippen LogP contribution is -2.38. The second kappa shape index (κ2) is 11.8. The predicted octanol–water partition coefficient (Wildman–Crippen LogP) is 3.23. The zero-order valence-corrected chi connectivity index (χ0v) is 16.5. The molecule has 0 bridgehead atoms. The quantitative estimate of drug-likeness (QED) is 0.478. The topological polar surface area (TPSA) is 76.7 Å². The van der Waals surface area contributed by atoms with Crippen molar-refractivity contribution in [2.24, 2.45) is 0 Å². The van der Waals surface area contributed by atoms with E-state index in [1.165, 1.54) is 25.3 Å². The lowest BCUT2D eigenvalue weighted by Gasteiger charge is -2.22. The highest BCUT2D eigenvalue weighted by atomic mass is 16.5. The molecule has 2 amide bonds. The standard InChI is InChI=1S/C22H30N2O4/c1-3-15-28-19-11-9-17(16-20(19)27-2)10-12-21(25)23-14-13-22(26)24-18-7-5-4-6-8-18/h3,9-12,16,18H,1,4-8,13-15H2,2H3,(H,23,25)(H,24,26)/b12-10+. The minimum absolute atomic E-state index is 0.00368. The van der Waals surface area contributed by atoms with Crippen molar-refractivity contribution in [2.45, 2.75) is 44.6 Å². The number of nitrogens with one attached hydrogen (secondary N) is 2. The number of hydrogen-bond donors (Lipinski definition) is 2. The van der Waals surface area contributed by atoms with E-state index in [0.29, 0.717) is 37.1 Å². The SMILES string of the molecule is C=CCOc1ccc(/C=C/C(=O)NCCC(=O)NC2CCCCC2)cc1OC. The summed E-state index contributed by atoms with van der Waals surface area (Å²) in [6, 6.07) is 5.71. The highest BCUT2D eigenvalue weighted by Crippen LogP contribution is 2.28. The van der Waals surface area contributed by atoms with Gasteiger partial charge in [-0.3, -0.25) is 9.59 Å². The Bertz CT molecular complexity index is 694. The van der Waals surface area contributed by atoms with E-state index in [1.807, 2.05) is 6.07 Å². The van der Waals surface area contributed by atoms with Crippen molar-refractivity contribution >= 4 is 17.9 Å². The fraction of sp³-hybridized carbons (Fsp3) is 0.455. The van der Waals surface area contributed by atoms with Gasteiger partial charge in [-0.15, -0.1) is 0 Å². The van der Waals surface area contributed by atoms with Gasteiger partial charge in [0.05, 0.1) is 7.11 Å². The number of rotatable bonds is 10. The molecular formula is C22H30N2O4. The predicted molar refractivity (Wildman–Crippen MR) is 110 cm³/mol. The second-order valence-corrected chi connectivity index (χ2v) is 6.79. The van der Waals surface area contributed by atoms with Crippen molar-refractivity contribution in [1.29, 1.82) is 0 Å². The zero-order valence-electron chi connectivity index (χ0n) is 16.5. The van der Waals surface area contributed by atoms with E-state index in [1.54, 1.807) is 31.4 Å². The third-order valence-corrected chi connectivity index (χ3v) is 4.59. The van der Waals surface area contributed by atoms with Crippen LogP contribution in [0.15, 0.2) is 36.9 Å². The van der Waals surface area contributed by atoms with Gasteiger partial charge in [0.15, 0.2) is 11.5 Å². The maximum absolute atomic E-state index is 12.0. The molecule has 6 heteroatoms. The molecule has 0 saturated heterocycles. The van der Waals surface area contributed by atoms with Gasteiger partial charge in [0.1, 0.15) is 6.61 Å². The summed E-state index contributed by atoms with van der Waals surface area (Å²) in [5.74, 6) is 0.962. The largest absolute Gasteiger partial charge is 0.493 e. The summed E-state index contributed by atoms with van der Waals surface area (Å²) in [7, 11) is 1.56. The molecule has 1 aromatic rings. The Hall–Kier alpha value is -2.76. The minimum Gasteiger partial charge on any atom is -0.493 e. The molecule has 0 heterocycles. The summed E-state index contributed by atoms with van der Waals surface area (Å²) < 4.78 is 10.8. The van der Waals surface area contributed by atoms with Crippen molar-refractivity contribution in [3.8, 4) is 11.5 Å². The van der Waals surface area contributed by atoms with Gasteiger partial charge in [0.25, 0.3) is 0 Å². The highest BCUT2D eigenvalue weighted by Gasteiger charge is 2.15. The van der Waals surface area contributed by atoms with E-state index in [4.69, 9.17) is 9.47 Å². The number of amides is 2. The van der Waals surface area contributed by atoms with Gasteiger partial charge < -0.3 is 20.1 Å². The molecule has 1 fully saturated rings. The maximum Gasteiger partial charge on any atom is 0.244 e. The average Bonchev–Trinajstić information content (AvgIpc) is 2.71. The van der Waals surface area contributed by atoms with Crippen LogP contribution in [0.25, 0.3) is 6.08 Å². The molecule has 0 atom stereocenters. The first-order chi connectivity index (χ1) is 13.6. The van der Waals surface area contributed by atoms with Crippen LogP contribution in [-0.4, -0.2) is 38.1 Å². The molecule has 0 aliphatic heterocycles. The molecule has 1 aliphatic carbocycles. The molecule has 152 valence electrons. The van der Waals surface area contributed by atoms with Gasteiger partial charge in [-0.25, -0.2) is 0 Å². The smallest absolute Gasteiger partial charge is 0.244 e. The Morgan fingerprint density at radius 3 is 2.71 bits per heavy atom. The van der Waals surface area contributed by atoms with Gasteiger partial charge in [-0.1, -0.05) is 38.0 Å². The van der Waals surface area contributed by atoms with Gasteiger partial charge in [0, 0.05) is 25.1 Å². The van der Waals surface area contributed by atoms with Crippen LogP contribution in [-0.2, 0) is 9.59 Å². The van der Waals surface area contributed by atoms with Gasteiger partial charge >= 0.3 is 0 Å². The lowest BCUT2D eigenvalue weighted by molar-refractivity contribution is -0.122. The van der Waals surface area contributed by atoms with Crippen molar-refractivity contribution in [1.82, 2.24) is 10.6 Å². The first kappa shape index (κ1) is 21.5. The second-order valence-electron chi connectivity index (χ2n) is 6.79. The first-order valence-electron chi connectivity index (χ1n) is 9.79. The molecule has 2 N–H and O–H groups in total. The van der Waals surface area contributed by atoms with E-state index in [-0.39, 0.29) is 11.8 Å². The molecule has 0 spiro atoms. The molecule has 0 aromatic heterocycles. The fourth-order valence-corrected chi connectivity index (χ4v) is 3.13. The summed E-state index contributed by atoms with van der Waals surface area (Å²) >= 11 is 0. The summed E-state index contributed by atoms with van der Waals surface area (Å²) in [6.07, 6.45) is 10.8. The Morgan fingerprint density at radius 2 is 2.00 bits per heavy atom. The van der Waals surface area contributed by atoms with Gasteiger partial charge in [-0.05, 0) is 36.6 Å². The maximum atomic E-state index is 12.0. The fourth-order valence-electron chi connectivity index (χ4n) is 3.13. The molecule has 1 saturated carbocycles. The molecule has 0 unspecified atom stereocenters. The van der Waals surface area contributed by atoms with Crippen LogP contribution in [0, 0.1) is 0 Å². The van der Waals surface area contributed by atoms with E-state index < -0.39 is 0 Å². The molecule has 28 heavy (non-hydrogen) atoms. The van der Waals surface area contributed by atoms with Crippen LogP contribution >= 0.6 is 0 Å². The Balaban J connectivity index is 1.75. The Labute approximate surface area is 167 Å². The van der Waals surface area contributed by atoms with Crippen molar-refractivity contribution in [3.05, 3.63) is 42.5 Å². The normalized spacial score (nSPS) is 14.5. The van der Waals surface area contributed by atoms with Gasteiger partial charge in [0.2, 0.25) is 11.8 Å². The molecular weight excluding hydrogens is 356 g/mol. The van der Waals surface area contributed by atoms with Crippen molar-refractivity contribution in [2.75, 3.05) is 20.3 Å². The summed E-state index contributed by atoms with van der Waals surface area (Å²) in [5, 5.41) is 5.78. The van der Waals surface area contributed by atoms with Crippen LogP contribution in [0.3, 0.4) is 0 Å². The molecule has 1 aliphatic rings. The number of carbonyl (C=O) groups excluding carboxylic acids is 2. The van der Waals surface area contributed by atoms with Crippen LogP contribution in [0.5, 0.6) is 11.5 Å². The van der Waals surface area contributed by atoms with E-state index in [9.17, 15) is 9.59 Å². The number of ether oxygens (including phenoxy) is 2. The van der Waals surface area contributed by atoms with Crippen LogP contribution in [0.2, 0.25) is 0 Å².